The van der Waals surface area contributed by atoms with Crippen molar-refractivity contribution >= 4 is 38.9 Å². The Hall–Kier alpha value is -1.82. The van der Waals surface area contributed by atoms with E-state index in [1.165, 1.54) is 7.11 Å². The lowest BCUT2D eigenvalue weighted by molar-refractivity contribution is -0.141. The molecule has 0 spiro atoms. The van der Waals surface area contributed by atoms with E-state index in [9.17, 15) is 4.79 Å². The Morgan fingerprint density at radius 2 is 2.28 bits per heavy atom. The summed E-state index contributed by atoms with van der Waals surface area (Å²) < 4.78 is 5.70. The highest BCUT2D eigenvalue weighted by atomic mass is 32.1. The Morgan fingerprint density at radius 3 is 2.94 bits per heavy atom. The number of benzene rings is 1. The maximum atomic E-state index is 11.4. The number of esters is 1. The summed E-state index contributed by atoms with van der Waals surface area (Å²) in [7, 11) is 1.36. The van der Waals surface area contributed by atoms with E-state index in [-0.39, 0.29) is 5.97 Å². The molecule has 1 unspecified atom stereocenters. The fourth-order valence-electron chi connectivity index (χ4n) is 1.70. The fourth-order valence-corrected chi connectivity index (χ4v) is 2.56. The van der Waals surface area contributed by atoms with Crippen LogP contribution < -0.4 is 11.1 Å². The molecule has 0 aliphatic heterocycles. The number of carbonyl (C=O) groups excluding carboxylic acids is 1. The van der Waals surface area contributed by atoms with Crippen LogP contribution in [-0.2, 0) is 9.53 Å². The van der Waals surface area contributed by atoms with Crippen LogP contribution in [0.1, 0.15) is 11.9 Å². The van der Waals surface area contributed by atoms with Gasteiger partial charge in [-0.25, -0.2) is 9.78 Å². The molecule has 0 aliphatic rings. The van der Waals surface area contributed by atoms with E-state index >= 15 is 0 Å². The van der Waals surface area contributed by atoms with Gasteiger partial charge in [-0.1, -0.05) is 0 Å². The molecule has 5 nitrogen and oxygen atoms in total. The number of hydrogen-bond donors (Lipinski definition) is 2. The van der Waals surface area contributed by atoms with Gasteiger partial charge in [-0.3, -0.25) is 0 Å². The second kappa shape index (κ2) is 4.81. The van der Waals surface area contributed by atoms with Crippen LogP contribution in [0.5, 0.6) is 0 Å². The van der Waals surface area contributed by atoms with Gasteiger partial charge in [0.05, 0.1) is 33.7 Å². The van der Waals surface area contributed by atoms with Crippen LogP contribution in [0.25, 0.3) is 10.2 Å². The first kappa shape index (κ1) is 12.6. The van der Waals surface area contributed by atoms with Crippen molar-refractivity contribution in [1.29, 1.82) is 0 Å². The van der Waals surface area contributed by atoms with E-state index in [2.05, 4.69) is 15.0 Å². The average Bonchev–Trinajstić information content (AvgIpc) is 2.67. The zero-order valence-electron chi connectivity index (χ0n) is 10.5. The van der Waals surface area contributed by atoms with Gasteiger partial charge in [0.25, 0.3) is 0 Å². The van der Waals surface area contributed by atoms with Crippen molar-refractivity contribution in [2.75, 3.05) is 18.2 Å². The molecular formula is C12H15N3O2S. The highest BCUT2D eigenvalue weighted by Crippen LogP contribution is 2.30. The molecule has 2 aromatic rings. The lowest BCUT2D eigenvalue weighted by Gasteiger charge is -2.14. The standard InChI is InChI=1S/C12H15N3O2S/c1-6(12(16)17-3)14-9-5-10-11(4-8(9)13)18-7(2)15-10/h4-6,14H,13H2,1-3H3. The summed E-state index contributed by atoms with van der Waals surface area (Å²) in [6.45, 7) is 3.67. The Morgan fingerprint density at radius 1 is 1.56 bits per heavy atom. The first-order valence-corrected chi connectivity index (χ1v) is 6.34. The van der Waals surface area contributed by atoms with Gasteiger partial charge < -0.3 is 15.8 Å². The summed E-state index contributed by atoms with van der Waals surface area (Å²) in [5.74, 6) is -0.330. The fraction of sp³-hybridized carbons (Fsp3) is 0.333. The number of nitrogen functional groups attached to an aromatic ring is 1. The Labute approximate surface area is 109 Å². The van der Waals surface area contributed by atoms with Crippen LogP contribution in [0, 0.1) is 6.92 Å². The first-order valence-electron chi connectivity index (χ1n) is 5.52. The minimum atomic E-state index is -0.450. The van der Waals surface area contributed by atoms with Crippen molar-refractivity contribution in [2.24, 2.45) is 0 Å². The molecule has 6 heteroatoms. The van der Waals surface area contributed by atoms with Gasteiger partial charge in [0.1, 0.15) is 6.04 Å². The van der Waals surface area contributed by atoms with Gasteiger partial charge in [0.2, 0.25) is 0 Å². The molecule has 3 N–H and O–H groups in total. The number of methoxy groups -OCH3 is 1. The number of hydrogen-bond acceptors (Lipinski definition) is 6. The molecule has 0 saturated carbocycles. The molecule has 2 rings (SSSR count). The van der Waals surface area contributed by atoms with Crippen molar-refractivity contribution in [3.8, 4) is 0 Å². The number of rotatable bonds is 3. The number of nitrogens with two attached hydrogens (primary N) is 1. The quantitative estimate of drug-likeness (QED) is 0.657. The molecule has 1 atom stereocenters. The van der Waals surface area contributed by atoms with E-state index in [0.29, 0.717) is 11.4 Å². The van der Waals surface area contributed by atoms with Crippen LogP contribution in [0.3, 0.4) is 0 Å². The monoisotopic (exact) mass is 265 g/mol. The summed E-state index contributed by atoms with van der Waals surface area (Å²) in [4.78, 5) is 15.8. The predicted molar refractivity (Wildman–Crippen MR) is 73.9 cm³/mol. The minimum absolute atomic E-state index is 0.330. The number of carbonyl (C=O) groups is 1. The average molecular weight is 265 g/mol. The molecule has 96 valence electrons. The normalized spacial score (nSPS) is 12.4. The van der Waals surface area contributed by atoms with Gasteiger partial charge in [-0.15, -0.1) is 11.3 Å². The van der Waals surface area contributed by atoms with Crippen molar-refractivity contribution in [3.63, 3.8) is 0 Å². The zero-order chi connectivity index (χ0) is 13.3. The van der Waals surface area contributed by atoms with Crippen molar-refractivity contribution in [1.82, 2.24) is 4.98 Å². The van der Waals surface area contributed by atoms with Crippen LogP contribution >= 0.6 is 11.3 Å². The number of aromatic nitrogens is 1. The summed E-state index contributed by atoms with van der Waals surface area (Å²) in [6, 6.07) is 3.27. The van der Waals surface area contributed by atoms with Gasteiger partial charge >= 0.3 is 5.97 Å². The van der Waals surface area contributed by atoms with E-state index in [0.717, 1.165) is 15.2 Å². The molecule has 0 bridgehead atoms. The molecule has 1 aromatic carbocycles. The lowest BCUT2D eigenvalue weighted by Crippen LogP contribution is -2.27. The molecule has 1 aromatic heterocycles. The smallest absolute Gasteiger partial charge is 0.327 e. The number of anilines is 2. The number of fused-ring (bicyclic) bond motifs is 1. The van der Waals surface area contributed by atoms with Crippen LogP contribution in [0.4, 0.5) is 11.4 Å². The molecule has 18 heavy (non-hydrogen) atoms. The van der Waals surface area contributed by atoms with Crippen LogP contribution in [-0.4, -0.2) is 24.1 Å². The highest BCUT2D eigenvalue weighted by Gasteiger charge is 2.14. The predicted octanol–water partition coefficient (Wildman–Crippen LogP) is 2.16. The molecule has 1 heterocycles. The Bertz CT molecular complexity index is 594. The number of thiazole rings is 1. The van der Waals surface area contributed by atoms with Crippen molar-refractivity contribution < 1.29 is 9.53 Å². The topological polar surface area (TPSA) is 77.2 Å². The maximum absolute atomic E-state index is 11.4. The van der Waals surface area contributed by atoms with Gasteiger partial charge in [0.15, 0.2) is 0 Å². The third-order valence-corrected chi connectivity index (χ3v) is 3.53. The second-order valence-corrected chi connectivity index (χ2v) is 5.26. The number of aryl methyl sites for hydroxylation is 1. The molecule has 0 saturated heterocycles. The van der Waals surface area contributed by atoms with Crippen LogP contribution in [0.2, 0.25) is 0 Å². The van der Waals surface area contributed by atoms with Crippen LogP contribution in [0.15, 0.2) is 12.1 Å². The van der Waals surface area contributed by atoms with Gasteiger partial charge in [-0.2, -0.15) is 0 Å². The van der Waals surface area contributed by atoms with Crippen molar-refractivity contribution in [3.05, 3.63) is 17.1 Å². The van der Waals surface area contributed by atoms with Gasteiger partial charge in [-0.05, 0) is 26.0 Å². The summed E-state index contributed by atoms with van der Waals surface area (Å²) >= 11 is 1.59. The molecule has 0 amide bonds. The SMILES string of the molecule is COC(=O)C(C)Nc1cc2nc(C)sc2cc1N. The van der Waals surface area contributed by atoms with Crippen molar-refractivity contribution in [2.45, 2.75) is 19.9 Å². The third kappa shape index (κ3) is 2.38. The highest BCUT2D eigenvalue weighted by molar-refractivity contribution is 7.18. The maximum Gasteiger partial charge on any atom is 0.327 e. The Kier molecular flexibility index (Phi) is 3.38. The number of nitrogens with one attached hydrogen (secondary N) is 1. The van der Waals surface area contributed by atoms with E-state index in [1.54, 1.807) is 18.3 Å². The molecule has 0 aliphatic carbocycles. The number of ether oxygens (including phenoxy) is 1. The third-order valence-electron chi connectivity index (χ3n) is 2.59. The van der Waals surface area contributed by atoms with E-state index < -0.39 is 6.04 Å². The summed E-state index contributed by atoms with van der Waals surface area (Å²) in [5.41, 5.74) is 8.13. The minimum Gasteiger partial charge on any atom is -0.467 e. The molecule has 0 fully saturated rings. The summed E-state index contributed by atoms with van der Waals surface area (Å²) in [6.07, 6.45) is 0. The molecule has 0 radical (unpaired) electrons. The van der Waals surface area contributed by atoms with E-state index in [4.69, 9.17) is 5.73 Å². The largest absolute Gasteiger partial charge is 0.467 e. The van der Waals surface area contributed by atoms with E-state index in [1.807, 2.05) is 19.1 Å². The Balaban J connectivity index is 2.32. The first-order chi connectivity index (χ1) is 8.51. The lowest BCUT2D eigenvalue weighted by atomic mass is 10.2. The number of nitrogens with zero attached hydrogens (tertiary/aromatic N) is 1. The van der Waals surface area contributed by atoms with Gasteiger partial charge in [0, 0.05) is 0 Å². The molecular weight excluding hydrogens is 250 g/mol. The zero-order valence-corrected chi connectivity index (χ0v) is 11.3. The second-order valence-electron chi connectivity index (χ2n) is 4.03. The summed E-state index contributed by atoms with van der Waals surface area (Å²) in [5, 5.41) is 4.02.